The summed E-state index contributed by atoms with van der Waals surface area (Å²) in [4.78, 5) is 20.9. The molecule has 1 aromatic heterocycles. The van der Waals surface area contributed by atoms with Gasteiger partial charge < -0.3 is 15.5 Å². The predicted molar refractivity (Wildman–Crippen MR) is 82.9 cm³/mol. The molecule has 1 unspecified atom stereocenters. The fourth-order valence-electron chi connectivity index (χ4n) is 2.73. The summed E-state index contributed by atoms with van der Waals surface area (Å²) in [6.45, 7) is 3.29. The lowest BCUT2D eigenvalue weighted by Crippen LogP contribution is -2.50. The number of hydrogen-bond donors (Lipinski definition) is 1. The monoisotopic (exact) mass is 292 g/mol. The van der Waals surface area contributed by atoms with E-state index in [0.717, 1.165) is 49.9 Å². The molecule has 2 fully saturated rings. The summed E-state index contributed by atoms with van der Waals surface area (Å²) in [5.74, 6) is 3.67. The summed E-state index contributed by atoms with van der Waals surface area (Å²) in [5, 5.41) is 0. The average Bonchev–Trinajstić information content (AvgIpc) is 3.02. The third-order valence-electron chi connectivity index (χ3n) is 3.97. The molecule has 2 aliphatic heterocycles. The minimum Gasteiger partial charge on any atom is -0.397 e. The maximum absolute atomic E-state index is 12.4. The van der Waals surface area contributed by atoms with Crippen LogP contribution >= 0.6 is 11.8 Å². The lowest BCUT2D eigenvalue weighted by Gasteiger charge is -2.36. The highest BCUT2D eigenvalue weighted by molar-refractivity contribution is 7.99. The van der Waals surface area contributed by atoms with E-state index >= 15 is 0 Å². The molecular formula is C14H20N4OS. The standard InChI is InChI=1S/C14H20N4OS/c15-12-1-2-13(16-9-12)17-4-6-18(7-5-17)14(19)11-3-8-20-10-11/h1-2,9,11H,3-8,10,15H2. The zero-order chi connectivity index (χ0) is 13.9. The quantitative estimate of drug-likeness (QED) is 0.883. The van der Waals surface area contributed by atoms with Gasteiger partial charge in [0.15, 0.2) is 0 Å². The highest BCUT2D eigenvalue weighted by Gasteiger charge is 2.29. The first-order valence-electron chi connectivity index (χ1n) is 7.07. The molecule has 0 bridgehead atoms. The van der Waals surface area contributed by atoms with Crippen molar-refractivity contribution in [2.75, 3.05) is 48.3 Å². The van der Waals surface area contributed by atoms with Crippen molar-refractivity contribution in [2.45, 2.75) is 6.42 Å². The molecule has 1 atom stereocenters. The SMILES string of the molecule is Nc1ccc(N2CCN(C(=O)C3CCSC3)CC2)nc1. The van der Waals surface area contributed by atoms with Gasteiger partial charge in [0.25, 0.3) is 0 Å². The van der Waals surface area contributed by atoms with Gasteiger partial charge in [-0.1, -0.05) is 0 Å². The van der Waals surface area contributed by atoms with Crippen molar-refractivity contribution in [3.8, 4) is 0 Å². The van der Waals surface area contributed by atoms with Gasteiger partial charge in [-0.25, -0.2) is 4.98 Å². The number of pyridine rings is 1. The topological polar surface area (TPSA) is 62.5 Å². The van der Waals surface area contributed by atoms with Crippen LogP contribution in [-0.4, -0.2) is 53.5 Å². The molecule has 0 spiro atoms. The fourth-order valence-corrected chi connectivity index (χ4v) is 3.94. The number of piperazine rings is 1. The molecular weight excluding hydrogens is 272 g/mol. The van der Waals surface area contributed by atoms with E-state index in [1.165, 1.54) is 0 Å². The van der Waals surface area contributed by atoms with Crippen molar-refractivity contribution >= 4 is 29.2 Å². The number of aromatic nitrogens is 1. The van der Waals surface area contributed by atoms with Crippen molar-refractivity contribution in [3.63, 3.8) is 0 Å². The number of thioether (sulfide) groups is 1. The fraction of sp³-hybridized carbons (Fsp3) is 0.571. The van der Waals surface area contributed by atoms with Crippen LogP contribution in [0.5, 0.6) is 0 Å². The second kappa shape index (κ2) is 5.91. The lowest BCUT2D eigenvalue weighted by molar-refractivity contribution is -0.135. The molecule has 0 saturated carbocycles. The summed E-state index contributed by atoms with van der Waals surface area (Å²) in [5.41, 5.74) is 6.33. The Morgan fingerprint density at radius 1 is 1.30 bits per heavy atom. The first-order valence-corrected chi connectivity index (χ1v) is 8.22. The van der Waals surface area contributed by atoms with Gasteiger partial charge in [-0.15, -0.1) is 0 Å². The van der Waals surface area contributed by atoms with Crippen LogP contribution in [0.4, 0.5) is 11.5 Å². The summed E-state index contributed by atoms with van der Waals surface area (Å²) in [6, 6.07) is 3.82. The molecule has 108 valence electrons. The van der Waals surface area contributed by atoms with Gasteiger partial charge in [-0.2, -0.15) is 11.8 Å². The molecule has 20 heavy (non-hydrogen) atoms. The van der Waals surface area contributed by atoms with Gasteiger partial charge in [-0.3, -0.25) is 4.79 Å². The molecule has 0 radical (unpaired) electrons. The second-order valence-corrected chi connectivity index (χ2v) is 6.47. The Balaban J connectivity index is 1.56. The van der Waals surface area contributed by atoms with Crippen LogP contribution in [-0.2, 0) is 4.79 Å². The number of carbonyl (C=O) groups excluding carboxylic acids is 1. The van der Waals surface area contributed by atoms with E-state index in [0.29, 0.717) is 11.6 Å². The molecule has 2 saturated heterocycles. The van der Waals surface area contributed by atoms with Crippen LogP contribution in [0, 0.1) is 5.92 Å². The number of anilines is 2. The molecule has 1 amide bonds. The van der Waals surface area contributed by atoms with Crippen LogP contribution in [0.3, 0.4) is 0 Å². The van der Waals surface area contributed by atoms with Gasteiger partial charge >= 0.3 is 0 Å². The molecule has 6 heteroatoms. The first-order chi connectivity index (χ1) is 9.74. The van der Waals surface area contributed by atoms with Gasteiger partial charge in [-0.05, 0) is 24.3 Å². The molecule has 3 heterocycles. The third kappa shape index (κ3) is 2.85. The molecule has 2 aliphatic rings. The molecule has 1 aromatic rings. The second-order valence-electron chi connectivity index (χ2n) is 5.32. The highest BCUT2D eigenvalue weighted by Crippen LogP contribution is 2.26. The maximum atomic E-state index is 12.4. The van der Waals surface area contributed by atoms with Crippen molar-refractivity contribution in [3.05, 3.63) is 18.3 Å². The number of nitrogens with two attached hydrogens (primary N) is 1. The first kappa shape index (κ1) is 13.5. The summed E-state index contributed by atoms with van der Waals surface area (Å²) in [7, 11) is 0. The van der Waals surface area contributed by atoms with Gasteiger partial charge in [0.05, 0.1) is 11.9 Å². The van der Waals surface area contributed by atoms with E-state index in [1.54, 1.807) is 6.20 Å². The molecule has 0 aliphatic carbocycles. The number of amides is 1. The number of hydrogen-bond acceptors (Lipinski definition) is 5. The van der Waals surface area contributed by atoms with E-state index < -0.39 is 0 Å². The predicted octanol–water partition coefficient (Wildman–Crippen LogP) is 1.07. The smallest absolute Gasteiger partial charge is 0.226 e. The minimum atomic E-state index is 0.251. The van der Waals surface area contributed by atoms with E-state index in [9.17, 15) is 4.79 Å². The zero-order valence-corrected chi connectivity index (χ0v) is 12.3. The van der Waals surface area contributed by atoms with Crippen molar-refractivity contribution < 1.29 is 4.79 Å². The van der Waals surface area contributed by atoms with Gasteiger partial charge in [0.1, 0.15) is 5.82 Å². The van der Waals surface area contributed by atoms with Crippen LogP contribution in [0.1, 0.15) is 6.42 Å². The van der Waals surface area contributed by atoms with E-state index in [4.69, 9.17) is 5.73 Å². The average molecular weight is 292 g/mol. The van der Waals surface area contributed by atoms with Crippen LogP contribution in [0.2, 0.25) is 0 Å². The zero-order valence-electron chi connectivity index (χ0n) is 11.5. The Bertz CT molecular complexity index is 465. The summed E-state index contributed by atoms with van der Waals surface area (Å²) in [6.07, 6.45) is 2.73. The van der Waals surface area contributed by atoms with E-state index in [1.807, 2.05) is 28.8 Å². The molecule has 5 nitrogen and oxygen atoms in total. The largest absolute Gasteiger partial charge is 0.397 e. The lowest BCUT2D eigenvalue weighted by atomic mass is 10.1. The Morgan fingerprint density at radius 3 is 2.70 bits per heavy atom. The molecule has 3 rings (SSSR count). The maximum Gasteiger partial charge on any atom is 0.226 e. The van der Waals surface area contributed by atoms with Crippen LogP contribution in [0.15, 0.2) is 18.3 Å². The van der Waals surface area contributed by atoms with Crippen LogP contribution in [0.25, 0.3) is 0 Å². The Kier molecular flexibility index (Phi) is 4.00. The Hall–Kier alpha value is -1.43. The molecule has 2 N–H and O–H groups in total. The van der Waals surface area contributed by atoms with Crippen LogP contribution < -0.4 is 10.6 Å². The third-order valence-corrected chi connectivity index (χ3v) is 5.13. The summed E-state index contributed by atoms with van der Waals surface area (Å²) >= 11 is 1.89. The van der Waals surface area contributed by atoms with E-state index in [2.05, 4.69) is 9.88 Å². The molecule has 0 aromatic carbocycles. The van der Waals surface area contributed by atoms with Crippen molar-refractivity contribution in [2.24, 2.45) is 5.92 Å². The normalized spacial score (nSPS) is 23.1. The van der Waals surface area contributed by atoms with Gasteiger partial charge in [0.2, 0.25) is 5.91 Å². The summed E-state index contributed by atoms with van der Waals surface area (Å²) < 4.78 is 0. The minimum absolute atomic E-state index is 0.251. The Labute approximate surface area is 123 Å². The van der Waals surface area contributed by atoms with Crippen molar-refractivity contribution in [1.82, 2.24) is 9.88 Å². The van der Waals surface area contributed by atoms with Gasteiger partial charge in [0, 0.05) is 37.8 Å². The highest BCUT2D eigenvalue weighted by atomic mass is 32.2. The number of rotatable bonds is 2. The number of nitrogen functional groups attached to an aromatic ring is 1. The van der Waals surface area contributed by atoms with Crippen molar-refractivity contribution in [1.29, 1.82) is 0 Å². The van der Waals surface area contributed by atoms with E-state index in [-0.39, 0.29) is 5.92 Å². The Morgan fingerprint density at radius 2 is 2.10 bits per heavy atom. The number of nitrogens with zero attached hydrogens (tertiary/aromatic N) is 3. The number of carbonyl (C=O) groups is 1.